The Morgan fingerprint density at radius 2 is 1.86 bits per heavy atom. The van der Waals surface area contributed by atoms with Gasteiger partial charge in [0.05, 0.1) is 5.56 Å². The molecule has 1 heterocycles. The zero-order valence-corrected chi connectivity index (χ0v) is 16.1. The molecule has 29 heavy (non-hydrogen) atoms. The molecule has 3 rings (SSSR count). The summed E-state index contributed by atoms with van der Waals surface area (Å²) in [5.74, 6) is -1.22. The first-order valence-corrected chi connectivity index (χ1v) is 8.99. The molecule has 1 aromatic heterocycles. The van der Waals surface area contributed by atoms with Gasteiger partial charge in [-0.2, -0.15) is 0 Å². The second kappa shape index (κ2) is 8.97. The van der Waals surface area contributed by atoms with E-state index in [-0.39, 0.29) is 11.5 Å². The van der Waals surface area contributed by atoms with Gasteiger partial charge in [-0.15, -0.1) is 0 Å². The van der Waals surface area contributed by atoms with Crippen molar-refractivity contribution in [3.63, 3.8) is 0 Å². The molecule has 0 aliphatic heterocycles. The number of hydrogen-bond acceptors (Lipinski definition) is 4. The number of carbonyl (C=O) groups is 2. The number of carbonyl (C=O) groups excluding carboxylic acids is 2. The standard InChI is InChI=1S/C22H21FN4O2/c1-27(2)20-9-8-18(26-21(28)16-6-3-7-17(23)11-16)12-19(20)22(29)25-14-15-5-4-10-24-13-15/h3-13H,14H2,1-2H3,(H,25,29)(H,26,28). The second-order valence-corrected chi connectivity index (χ2v) is 6.63. The van der Waals surface area contributed by atoms with E-state index in [1.54, 1.807) is 36.7 Å². The Bertz CT molecular complexity index is 1020. The molecule has 0 spiro atoms. The smallest absolute Gasteiger partial charge is 0.255 e. The fourth-order valence-corrected chi connectivity index (χ4v) is 2.80. The zero-order chi connectivity index (χ0) is 20.8. The Morgan fingerprint density at radius 1 is 1.03 bits per heavy atom. The van der Waals surface area contributed by atoms with Gasteiger partial charge in [0.2, 0.25) is 0 Å². The number of rotatable bonds is 6. The molecule has 0 bridgehead atoms. The Labute approximate surface area is 168 Å². The molecule has 2 amide bonds. The average molecular weight is 392 g/mol. The third kappa shape index (κ3) is 5.16. The lowest BCUT2D eigenvalue weighted by Crippen LogP contribution is -2.25. The van der Waals surface area contributed by atoms with Crippen LogP contribution in [0.25, 0.3) is 0 Å². The molecule has 0 aliphatic rings. The minimum absolute atomic E-state index is 0.198. The normalized spacial score (nSPS) is 10.3. The second-order valence-electron chi connectivity index (χ2n) is 6.63. The summed E-state index contributed by atoms with van der Waals surface area (Å²) in [5, 5.41) is 5.57. The molecule has 0 unspecified atom stereocenters. The highest BCUT2D eigenvalue weighted by Gasteiger charge is 2.15. The van der Waals surface area contributed by atoms with E-state index < -0.39 is 11.7 Å². The average Bonchev–Trinajstić information content (AvgIpc) is 2.72. The molecule has 0 radical (unpaired) electrons. The molecule has 7 heteroatoms. The lowest BCUT2D eigenvalue weighted by molar-refractivity contribution is 0.0950. The summed E-state index contributed by atoms with van der Waals surface area (Å²) in [6.07, 6.45) is 3.35. The molecular weight excluding hydrogens is 371 g/mol. The lowest BCUT2D eigenvalue weighted by atomic mass is 10.1. The third-order valence-electron chi connectivity index (χ3n) is 4.24. The molecule has 0 saturated heterocycles. The van der Waals surface area contributed by atoms with Crippen LogP contribution in [0.5, 0.6) is 0 Å². The van der Waals surface area contributed by atoms with Crippen molar-refractivity contribution in [2.45, 2.75) is 6.54 Å². The van der Waals surface area contributed by atoms with Crippen LogP contribution in [-0.2, 0) is 6.54 Å². The minimum atomic E-state index is -0.490. The maximum atomic E-state index is 13.4. The Morgan fingerprint density at radius 3 is 2.55 bits per heavy atom. The molecule has 0 saturated carbocycles. The van der Waals surface area contributed by atoms with Gasteiger partial charge in [0.15, 0.2) is 0 Å². The van der Waals surface area contributed by atoms with E-state index in [0.717, 1.165) is 11.6 Å². The molecule has 2 N–H and O–H groups in total. The molecule has 3 aromatic rings. The van der Waals surface area contributed by atoms with Crippen LogP contribution in [0.4, 0.5) is 15.8 Å². The van der Waals surface area contributed by atoms with Crippen LogP contribution in [0.15, 0.2) is 67.0 Å². The third-order valence-corrected chi connectivity index (χ3v) is 4.24. The number of halogens is 1. The predicted octanol–water partition coefficient (Wildman–Crippen LogP) is 3.47. The molecular formula is C22H21FN4O2. The van der Waals surface area contributed by atoms with Gasteiger partial charge < -0.3 is 15.5 Å². The monoisotopic (exact) mass is 392 g/mol. The number of nitrogens with zero attached hydrogens (tertiary/aromatic N) is 2. The molecule has 0 aliphatic carbocycles. The van der Waals surface area contributed by atoms with E-state index in [2.05, 4.69) is 15.6 Å². The number of hydrogen-bond donors (Lipinski definition) is 2. The van der Waals surface area contributed by atoms with E-state index in [4.69, 9.17) is 0 Å². The van der Waals surface area contributed by atoms with E-state index in [0.29, 0.717) is 23.5 Å². The summed E-state index contributed by atoms with van der Waals surface area (Å²) in [6.45, 7) is 0.333. The zero-order valence-electron chi connectivity index (χ0n) is 16.1. The molecule has 6 nitrogen and oxygen atoms in total. The minimum Gasteiger partial charge on any atom is -0.377 e. The first kappa shape index (κ1) is 20.0. The van der Waals surface area contributed by atoms with Crippen LogP contribution in [0.3, 0.4) is 0 Å². The van der Waals surface area contributed by atoms with Crippen LogP contribution >= 0.6 is 0 Å². The Balaban J connectivity index is 1.80. The maximum Gasteiger partial charge on any atom is 0.255 e. The van der Waals surface area contributed by atoms with Crippen molar-refractivity contribution < 1.29 is 14.0 Å². The maximum absolute atomic E-state index is 13.4. The van der Waals surface area contributed by atoms with E-state index in [1.165, 1.54) is 18.2 Å². The predicted molar refractivity (Wildman–Crippen MR) is 111 cm³/mol. The van der Waals surface area contributed by atoms with Crippen molar-refractivity contribution >= 4 is 23.2 Å². The van der Waals surface area contributed by atoms with Crippen molar-refractivity contribution in [1.82, 2.24) is 10.3 Å². The van der Waals surface area contributed by atoms with Crippen molar-refractivity contribution in [2.75, 3.05) is 24.3 Å². The van der Waals surface area contributed by atoms with Gasteiger partial charge in [0.1, 0.15) is 5.82 Å². The number of aromatic nitrogens is 1. The van der Waals surface area contributed by atoms with Crippen LogP contribution in [0, 0.1) is 5.82 Å². The number of anilines is 2. The number of nitrogens with one attached hydrogen (secondary N) is 2. The SMILES string of the molecule is CN(C)c1ccc(NC(=O)c2cccc(F)c2)cc1C(=O)NCc1cccnc1. The van der Waals surface area contributed by atoms with Crippen LogP contribution in [0.2, 0.25) is 0 Å². The van der Waals surface area contributed by atoms with Crippen LogP contribution in [0.1, 0.15) is 26.3 Å². The van der Waals surface area contributed by atoms with Gasteiger partial charge >= 0.3 is 0 Å². The van der Waals surface area contributed by atoms with Crippen molar-refractivity contribution in [3.05, 3.63) is 89.5 Å². The number of amides is 2. The quantitative estimate of drug-likeness (QED) is 0.674. The summed E-state index contributed by atoms with van der Waals surface area (Å²) >= 11 is 0. The first-order valence-electron chi connectivity index (χ1n) is 8.99. The number of pyridine rings is 1. The Kier molecular flexibility index (Phi) is 6.19. The first-order chi connectivity index (χ1) is 13.9. The molecule has 2 aromatic carbocycles. The summed E-state index contributed by atoms with van der Waals surface area (Å²) < 4.78 is 13.4. The van der Waals surface area contributed by atoms with Gasteiger partial charge in [0, 0.05) is 50.0 Å². The van der Waals surface area contributed by atoms with E-state index in [9.17, 15) is 14.0 Å². The highest BCUT2D eigenvalue weighted by Crippen LogP contribution is 2.23. The Hall–Kier alpha value is -3.74. The molecule has 0 fully saturated rings. The van der Waals surface area contributed by atoms with Crippen LogP contribution in [-0.4, -0.2) is 30.9 Å². The van der Waals surface area contributed by atoms with Gasteiger partial charge in [-0.3, -0.25) is 14.6 Å². The van der Waals surface area contributed by atoms with Crippen molar-refractivity contribution in [1.29, 1.82) is 0 Å². The molecule has 148 valence electrons. The number of benzene rings is 2. The fourth-order valence-electron chi connectivity index (χ4n) is 2.80. The summed E-state index contributed by atoms with van der Waals surface area (Å²) in [7, 11) is 3.66. The van der Waals surface area contributed by atoms with E-state index >= 15 is 0 Å². The lowest BCUT2D eigenvalue weighted by Gasteiger charge is -2.18. The van der Waals surface area contributed by atoms with Gasteiger partial charge in [0.25, 0.3) is 11.8 Å². The highest BCUT2D eigenvalue weighted by atomic mass is 19.1. The summed E-state index contributed by atoms with van der Waals surface area (Å²) in [6, 6.07) is 14.1. The van der Waals surface area contributed by atoms with Crippen molar-refractivity contribution in [2.24, 2.45) is 0 Å². The van der Waals surface area contributed by atoms with Gasteiger partial charge in [-0.25, -0.2) is 4.39 Å². The fraction of sp³-hybridized carbons (Fsp3) is 0.136. The highest BCUT2D eigenvalue weighted by molar-refractivity contribution is 6.06. The largest absolute Gasteiger partial charge is 0.377 e. The topological polar surface area (TPSA) is 74.3 Å². The van der Waals surface area contributed by atoms with Gasteiger partial charge in [-0.1, -0.05) is 12.1 Å². The summed E-state index contributed by atoms with van der Waals surface area (Å²) in [4.78, 5) is 31.0. The van der Waals surface area contributed by atoms with Crippen molar-refractivity contribution in [3.8, 4) is 0 Å². The summed E-state index contributed by atoms with van der Waals surface area (Å²) in [5.41, 5.74) is 2.64. The van der Waals surface area contributed by atoms with E-state index in [1.807, 2.05) is 25.1 Å². The van der Waals surface area contributed by atoms with Gasteiger partial charge in [-0.05, 0) is 48.0 Å². The van der Waals surface area contributed by atoms with Crippen LogP contribution < -0.4 is 15.5 Å². The molecule has 0 atom stereocenters.